The molecule has 0 radical (unpaired) electrons. The Labute approximate surface area is 179 Å². The molecule has 154 valence electrons. The second-order valence-electron chi connectivity index (χ2n) is 8.33. The van der Waals surface area contributed by atoms with Crippen molar-refractivity contribution in [2.75, 3.05) is 10.2 Å². The minimum Gasteiger partial charge on any atom is -0.378 e. The van der Waals surface area contributed by atoms with Crippen LogP contribution >= 0.6 is 0 Å². The van der Waals surface area contributed by atoms with Gasteiger partial charge in [-0.3, -0.25) is 4.79 Å². The highest BCUT2D eigenvalue weighted by molar-refractivity contribution is 6.07. The van der Waals surface area contributed by atoms with E-state index < -0.39 is 0 Å². The summed E-state index contributed by atoms with van der Waals surface area (Å²) in [5.74, 6) is 0.0787. The number of para-hydroxylation sites is 2. The van der Waals surface area contributed by atoms with Crippen LogP contribution < -0.4 is 10.2 Å². The van der Waals surface area contributed by atoms with Crippen LogP contribution in [-0.4, -0.2) is 11.9 Å². The smallest absolute Gasteiger partial charge is 0.258 e. The molecule has 30 heavy (non-hydrogen) atoms. The van der Waals surface area contributed by atoms with E-state index in [1.54, 1.807) is 0 Å². The van der Waals surface area contributed by atoms with E-state index >= 15 is 0 Å². The minimum atomic E-state index is 0.0787. The van der Waals surface area contributed by atoms with E-state index in [9.17, 15) is 4.79 Å². The summed E-state index contributed by atoms with van der Waals surface area (Å²) in [4.78, 5) is 15.6. The molecule has 0 aromatic heterocycles. The van der Waals surface area contributed by atoms with Gasteiger partial charge in [0, 0.05) is 17.3 Å². The molecule has 3 nitrogen and oxygen atoms in total. The molecule has 3 aromatic rings. The molecule has 0 spiro atoms. The van der Waals surface area contributed by atoms with Crippen LogP contribution in [0.2, 0.25) is 0 Å². The van der Waals surface area contributed by atoms with Crippen molar-refractivity contribution < 1.29 is 4.79 Å². The number of anilines is 2. The van der Waals surface area contributed by atoms with E-state index in [2.05, 4.69) is 87.6 Å². The first-order valence-corrected chi connectivity index (χ1v) is 10.8. The zero-order chi connectivity index (χ0) is 21.3. The molecular weight excluding hydrogens is 368 g/mol. The van der Waals surface area contributed by atoms with Crippen LogP contribution in [0.5, 0.6) is 0 Å². The summed E-state index contributed by atoms with van der Waals surface area (Å²) < 4.78 is 0. The highest BCUT2D eigenvalue weighted by Crippen LogP contribution is 2.41. The second kappa shape index (κ2) is 8.35. The second-order valence-corrected chi connectivity index (χ2v) is 8.33. The number of aryl methyl sites for hydroxylation is 3. The van der Waals surface area contributed by atoms with Gasteiger partial charge >= 0.3 is 0 Å². The number of amides is 1. The van der Waals surface area contributed by atoms with E-state index in [0.29, 0.717) is 0 Å². The lowest BCUT2D eigenvalue weighted by molar-refractivity contribution is 0.0974. The van der Waals surface area contributed by atoms with Gasteiger partial charge in [0.05, 0.1) is 11.7 Å². The van der Waals surface area contributed by atoms with Crippen LogP contribution in [0.4, 0.5) is 11.4 Å². The molecular formula is C27H30N2O. The highest BCUT2D eigenvalue weighted by atomic mass is 16.2. The molecule has 1 aliphatic rings. The summed E-state index contributed by atoms with van der Waals surface area (Å²) in [6.07, 6.45) is 1.84. The van der Waals surface area contributed by atoms with Crippen molar-refractivity contribution in [1.82, 2.24) is 0 Å². The van der Waals surface area contributed by atoms with Gasteiger partial charge in [-0.15, -0.1) is 0 Å². The van der Waals surface area contributed by atoms with Crippen molar-refractivity contribution in [3.8, 4) is 0 Å². The average Bonchev–Trinajstić information content (AvgIpc) is 2.76. The molecule has 0 bridgehead atoms. The third-order valence-corrected chi connectivity index (χ3v) is 6.21. The third kappa shape index (κ3) is 3.72. The Bertz CT molecular complexity index is 1050. The molecule has 1 amide bonds. The SMILES string of the molecule is CCc1ccc(C(=O)N2c3c(C)cccc3C(Nc3ccccc3C)CC2C)cc1. The van der Waals surface area contributed by atoms with Crippen LogP contribution in [0.3, 0.4) is 0 Å². The van der Waals surface area contributed by atoms with Crippen molar-refractivity contribution >= 4 is 17.3 Å². The van der Waals surface area contributed by atoms with Gasteiger partial charge in [0.1, 0.15) is 0 Å². The molecule has 3 heteroatoms. The minimum absolute atomic E-state index is 0.0787. The van der Waals surface area contributed by atoms with Gasteiger partial charge in [0.2, 0.25) is 0 Å². The van der Waals surface area contributed by atoms with Crippen LogP contribution in [0.25, 0.3) is 0 Å². The summed E-state index contributed by atoms with van der Waals surface area (Å²) in [5, 5.41) is 3.74. The van der Waals surface area contributed by atoms with Crippen LogP contribution in [0.1, 0.15) is 58.9 Å². The highest BCUT2D eigenvalue weighted by Gasteiger charge is 2.35. The van der Waals surface area contributed by atoms with Gasteiger partial charge in [0.25, 0.3) is 5.91 Å². The zero-order valence-corrected chi connectivity index (χ0v) is 18.3. The molecule has 2 unspecified atom stereocenters. The van der Waals surface area contributed by atoms with Crippen molar-refractivity contribution in [3.05, 3.63) is 94.5 Å². The van der Waals surface area contributed by atoms with Crippen LogP contribution in [0.15, 0.2) is 66.7 Å². The monoisotopic (exact) mass is 398 g/mol. The Balaban J connectivity index is 1.72. The fraction of sp³-hybridized carbons (Fsp3) is 0.296. The van der Waals surface area contributed by atoms with Gasteiger partial charge in [0.15, 0.2) is 0 Å². The van der Waals surface area contributed by atoms with Gasteiger partial charge < -0.3 is 10.2 Å². The Morgan fingerprint density at radius 1 is 0.967 bits per heavy atom. The quantitative estimate of drug-likeness (QED) is 0.547. The molecule has 2 atom stereocenters. The molecule has 3 aromatic carbocycles. The number of carbonyl (C=O) groups excluding carboxylic acids is 1. The first-order valence-electron chi connectivity index (χ1n) is 10.8. The average molecular weight is 399 g/mol. The molecule has 0 saturated carbocycles. The summed E-state index contributed by atoms with van der Waals surface area (Å²) in [6, 6.07) is 23.0. The van der Waals surface area contributed by atoms with E-state index in [1.807, 2.05) is 17.0 Å². The van der Waals surface area contributed by atoms with Gasteiger partial charge in [-0.05, 0) is 74.1 Å². The number of fused-ring (bicyclic) bond motifs is 1. The number of benzene rings is 3. The lowest BCUT2D eigenvalue weighted by Gasteiger charge is -2.41. The summed E-state index contributed by atoms with van der Waals surface area (Å²) in [5.41, 5.74) is 7.75. The van der Waals surface area contributed by atoms with E-state index in [4.69, 9.17) is 0 Å². The zero-order valence-electron chi connectivity index (χ0n) is 18.3. The maximum Gasteiger partial charge on any atom is 0.258 e. The van der Waals surface area contributed by atoms with Gasteiger partial charge in [-0.2, -0.15) is 0 Å². The first kappa shape index (κ1) is 20.2. The Morgan fingerprint density at radius 2 is 1.67 bits per heavy atom. The molecule has 0 fully saturated rings. The summed E-state index contributed by atoms with van der Waals surface area (Å²) in [6.45, 7) is 8.51. The Hall–Kier alpha value is -3.07. The number of hydrogen-bond donors (Lipinski definition) is 1. The van der Waals surface area contributed by atoms with E-state index in [1.165, 1.54) is 16.7 Å². The summed E-state index contributed by atoms with van der Waals surface area (Å²) >= 11 is 0. The van der Waals surface area contributed by atoms with Crippen LogP contribution in [0, 0.1) is 13.8 Å². The standard InChI is InChI=1S/C27H30N2O/c1-5-21-13-15-22(16-14-21)27(30)29-20(4)17-25(23-11-8-10-19(3)26(23)29)28-24-12-7-6-9-18(24)2/h6-16,20,25,28H,5,17H2,1-4H3. The molecule has 1 heterocycles. The fourth-order valence-corrected chi connectivity index (χ4v) is 4.47. The largest absolute Gasteiger partial charge is 0.378 e. The molecule has 1 N–H and O–H groups in total. The lowest BCUT2D eigenvalue weighted by Crippen LogP contribution is -2.44. The third-order valence-electron chi connectivity index (χ3n) is 6.21. The van der Waals surface area contributed by atoms with Crippen molar-refractivity contribution in [2.45, 2.75) is 52.6 Å². The predicted molar refractivity (Wildman–Crippen MR) is 125 cm³/mol. The maximum atomic E-state index is 13.5. The maximum absolute atomic E-state index is 13.5. The molecule has 0 saturated heterocycles. The van der Waals surface area contributed by atoms with Gasteiger partial charge in [-0.25, -0.2) is 0 Å². The topological polar surface area (TPSA) is 32.3 Å². The fourth-order valence-electron chi connectivity index (χ4n) is 4.47. The predicted octanol–water partition coefficient (Wildman–Crippen LogP) is 6.46. The van der Waals surface area contributed by atoms with E-state index in [-0.39, 0.29) is 18.0 Å². The molecule has 0 aliphatic carbocycles. The number of nitrogens with one attached hydrogen (secondary N) is 1. The molecule has 4 rings (SSSR count). The number of carbonyl (C=O) groups is 1. The normalized spacial score (nSPS) is 18.1. The summed E-state index contributed by atoms with van der Waals surface area (Å²) in [7, 11) is 0. The Morgan fingerprint density at radius 3 is 2.37 bits per heavy atom. The van der Waals surface area contributed by atoms with Crippen molar-refractivity contribution in [1.29, 1.82) is 0 Å². The number of nitrogens with zero attached hydrogens (tertiary/aromatic N) is 1. The van der Waals surface area contributed by atoms with E-state index in [0.717, 1.165) is 35.3 Å². The van der Waals surface area contributed by atoms with Crippen molar-refractivity contribution in [3.63, 3.8) is 0 Å². The number of hydrogen-bond acceptors (Lipinski definition) is 2. The number of rotatable bonds is 4. The molecule has 1 aliphatic heterocycles. The Kier molecular flexibility index (Phi) is 5.63. The first-order chi connectivity index (χ1) is 14.5. The lowest BCUT2D eigenvalue weighted by atomic mass is 9.88. The van der Waals surface area contributed by atoms with Crippen LogP contribution in [-0.2, 0) is 6.42 Å². The van der Waals surface area contributed by atoms with Crippen molar-refractivity contribution in [2.24, 2.45) is 0 Å². The van der Waals surface area contributed by atoms with Gasteiger partial charge in [-0.1, -0.05) is 55.5 Å².